The average molecular weight is 265 g/mol. The van der Waals surface area contributed by atoms with Gasteiger partial charge in [0.1, 0.15) is 6.04 Å². The summed E-state index contributed by atoms with van der Waals surface area (Å²) in [6.45, 7) is 2.52. The lowest BCUT2D eigenvalue weighted by Crippen LogP contribution is -2.48. The smallest absolute Gasteiger partial charge is 0.239 e. The molecule has 1 aliphatic carbocycles. The van der Waals surface area contributed by atoms with E-state index in [0.29, 0.717) is 6.04 Å². The number of halogens is 1. The highest BCUT2D eigenvalue weighted by Crippen LogP contribution is 2.26. The van der Waals surface area contributed by atoms with Crippen LogP contribution in [0.1, 0.15) is 39.0 Å². The molecule has 0 radical (unpaired) electrons. The predicted octanol–water partition coefficient (Wildman–Crippen LogP) is 1.47. The Morgan fingerprint density at radius 3 is 2.47 bits per heavy atom. The van der Waals surface area contributed by atoms with Crippen molar-refractivity contribution in [3.63, 3.8) is 0 Å². The Labute approximate surface area is 110 Å². The number of carbonyl (C=O) groups excluding carboxylic acids is 1. The van der Waals surface area contributed by atoms with Gasteiger partial charge in [-0.3, -0.25) is 4.79 Å². The summed E-state index contributed by atoms with van der Waals surface area (Å²) in [6.07, 6.45) is 5.87. The normalized spacial score (nSPS) is 25.8. The molecule has 102 valence electrons. The molecule has 0 spiro atoms. The average Bonchev–Trinajstić information content (AvgIpc) is 2.30. The third-order valence-electron chi connectivity index (χ3n) is 3.45. The van der Waals surface area contributed by atoms with Gasteiger partial charge < -0.3 is 15.8 Å². The number of hydrogen-bond acceptors (Lipinski definition) is 3. The van der Waals surface area contributed by atoms with E-state index in [-0.39, 0.29) is 24.9 Å². The molecular weight excluding hydrogens is 240 g/mol. The van der Waals surface area contributed by atoms with Crippen molar-refractivity contribution in [3.8, 4) is 0 Å². The highest BCUT2D eigenvalue weighted by atomic mass is 35.5. The first-order chi connectivity index (χ1) is 7.67. The minimum absolute atomic E-state index is 0. The van der Waals surface area contributed by atoms with E-state index in [2.05, 4.69) is 12.2 Å². The van der Waals surface area contributed by atoms with E-state index in [1.54, 1.807) is 7.11 Å². The van der Waals surface area contributed by atoms with Crippen LogP contribution in [0.4, 0.5) is 0 Å². The Kier molecular flexibility index (Phi) is 8.56. The van der Waals surface area contributed by atoms with Gasteiger partial charge in [-0.1, -0.05) is 13.3 Å². The van der Waals surface area contributed by atoms with Crippen LogP contribution in [-0.2, 0) is 9.53 Å². The molecule has 0 saturated heterocycles. The van der Waals surface area contributed by atoms with E-state index in [9.17, 15) is 4.79 Å². The van der Waals surface area contributed by atoms with Crippen LogP contribution in [0.5, 0.6) is 0 Å². The van der Waals surface area contributed by atoms with Gasteiger partial charge in [0.15, 0.2) is 0 Å². The zero-order chi connectivity index (χ0) is 12.0. The summed E-state index contributed by atoms with van der Waals surface area (Å²) in [6, 6.07) is -0.216. The van der Waals surface area contributed by atoms with Crippen LogP contribution >= 0.6 is 12.4 Å². The van der Waals surface area contributed by atoms with Crippen LogP contribution in [0.25, 0.3) is 0 Å². The Hall–Kier alpha value is -0.320. The minimum atomic E-state index is -0.533. The van der Waals surface area contributed by atoms with E-state index in [4.69, 9.17) is 10.5 Å². The maximum absolute atomic E-state index is 11.6. The van der Waals surface area contributed by atoms with E-state index in [1.165, 1.54) is 19.3 Å². The minimum Gasteiger partial charge on any atom is -0.383 e. The molecule has 17 heavy (non-hydrogen) atoms. The van der Waals surface area contributed by atoms with Gasteiger partial charge in [0.2, 0.25) is 5.91 Å². The van der Waals surface area contributed by atoms with E-state index in [0.717, 1.165) is 18.8 Å². The molecule has 0 heterocycles. The van der Waals surface area contributed by atoms with Gasteiger partial charge in [-0.05, 0) is 31.6 Å². The highest BCUT2D eigenvalue weighted by molar-refractivity contribution is 5.85. The van der Waals surface area contributed by atoms with Gasteiger partial charge in [-0.15, -0.1) is 12.4 Å². The molecule has 0 bridgehead atoms. The molecule has 1 saturated carbocycles. The van der Waals surface area contributed by atoms with Crippen LogP contribution in [0, 0.1) is 5.92 Å². The van der Waals surface area contributed by atoms with Crippen molar-refractivity contribution in [1.82, 2.24) is 5.32 Å². The van der Waals surface area contributed by atoms with Crippen molar-refractivity contribution in [1.29, 1.82) is 0 Å². The van der Waals surface area contributed by atoms with Gasteiger partial charge in [0, 0.05) is 13.2 Å². The fourth-order valence-corrected chi connectivity index (χ4v) is 2.28. The van der Waals surface area contributed by atoms with Gasteiger partial charge in [0.25, 0.3) is 0 Å². The molecule has 1 amide bonds. The maximum Gasteiger partial charge on any atom is 0.239 e. The van der Waals surface area contributed by atoms with Gasteiger partial charge in [-0.2, -0.15) is 0 Å². The Balaban J connectivity index is 0.00000256. The molecule has 4 nitrogen and oxygen atoms in total. The summed E-state index contributed by atoms with van der Waals surface area (Å²) >= 11 is 0. The van der Waals surface area contributed by atoms with Crippen LogP contribution < -0.4 is 11.1 Å². The van der Waals surface area contributed by atoms with Crippen LogP contribution in [0.15, 0.2) is 0 Å². The Bertz CT molecular complexity index is 219. The second-order valence-corrected chi connectivity index (χ2v) is 4.70. The molecule has 0 aromatic carbocycles. The molecule has 1 atom stereocenters. The third kappa shape index (κ3) is 5.70. The second kappa shape index (κ2) is 8.72. The summed E-state index contributed by atoms with van der Waals surface area (Å²) in [5.74, 6) is 0.766. The third-order valence-corrected chi connectivity index (χ3v) is 3.45. The predicted molar refractivity (Wildman–Crippen MR) is 71.3 cm³/mol. The topological polar surface area (TPSA) is 64.4 Å². The molecular formula is C12H25ClN2O2. The molecule has 5 heteroatoms. The van der Waals surface area contributed by atoms with Gasteiger partial charge >= 0.3 is 0 Å². The molecule has 1 aliphatic rings. The number of amides is 1. The molecule has 3 N–H and O–H groups in total. The SMILES string of the molecule is CCC1CCC(NC(=O)C(N)COC)CC1.Cl. The van der Waals surface area contributed by atoms with E-state index in [1.807, 2.05) is 0 Å². The molecule has 1 rings (SSSR count). The fraction of sp³-hybridized carbons (Fsp3) is 0.917. The summed E-state index contributed by atoms with van der Waals surface area (Å²) in [4.78, 5) is 11.6. The zero-order valence-corrected chi connectivity index (χ0v) is 11.6. The van der Waals surface area contributed by atoms with E-state index < -0.39 is 6.04 Å². The molecule has 0 aromatic heterocycles. The van der Waals surface area contributed by atoms with Crippen LogP contribution in [0.2, 0.25) is 0 Å². The number of ether oxygens (including phenoxy) is 1. The molecule has 1 fully saturated rings. The molecule has 1 unspecified atom stereocenters. The molecule has 0 aromatic rings. The number of nitrogens with two attached hydrogens (primary N) is 1. The van der Waals surface area contributed by atoms with Crippen molar-refractivity contribution in [2.24, 2.45) is 11.7 Å². The van der Waals surface area contributed by atoms with E-state index >= 15 is 0 Å². The number of hydrogen-bond donors (Lipinski definition) is 2. The first kappa shape index (κ1) is 16.7. The van der Waals surface area contributed by atoms with Crippen molar-refractivity contribution < 1.29 is 9.53 Å². The standard InChI is InChI=1S/C12H24N2O2.ClH/c1-3-9-4-6-10(7-5-9)14-12(15)11(13)8-16-2;/h9-11H,3-8,13H2,1-2H3,(H,14,15);1H. The fourth-order valence-electron chi connectivity index (χ4n) is 2.28. The largest absolute Gasteiger partial charge is 0.383 e. The summed E-state index contributed by atoms with van der Waals surface area (Å²) in [7, 11) is 1.56. The highest BCUT2D eigenvalue weighted by Gasteiger charge is 2.23. The summed E-state index contributed by atoms with van der Waals surface area (Å²) in [5.41, 5.74) is 5.66. The first-order valence-corrected chi connectivity index (χ1v) is 6.22. The first-order valence-electron chi connectivity index (χ1n) is 6.22. The van der Waals surface area contributed by atoms with Crippen molar-refractivity contribution in [2.75, 3.05) is 13.7 Å². The maximum atomic E-state index is 11.6. The lowest BCUT2D eigenvalue weighted by atomic mass is 9.84. The van der Waals surface area contributed by atoms with Crippen LogP contribution in [-0.4, -0.2) is 31.7 Å². The van der Waals surface area contributed by atoms with Gasteiger partial charge in [0.05, 0.1) is 6.61 Å². The number of methoxy groups -OCH3 is 1. The summed E-state index contributed by atoms with van der Waals surface area (Å²) in [5, 5.41) is 3.00. The second-order valence-electron chi connectivity index (χ2n) is 4.70. The monoisotopic (exact) mass is 264 g/mol. The number of carbonyl (C=O) groups is 1. The Morgan fingerprint density at radius 1 is 1.41 bits per heavy atom. The van der Waals surface area contributed by atoms with Crippen LogP contribution in [0.3, 0.4) is 0 Å². The molecule has 0 aliphatic heterocycles. The van der Waals surface area contributed by atoms with Crippen molar-refractivity contribution in [3.05, 3.63) is 0 Å². The van der Waals surface area contributed by atoms with Crippen molar-refractivity contribution >= 4 is 18.3 Å². The zero-order valence-electron chi connectivity index (χ0n) is 10.8. The number of nitrogens with one attached hydrogen (secondary N) is 1. The quantitative estimate of drug-likeness (QED) is 0.790. The lowest BCUT2D eigenvalue weighted by molar-refractivity contribution is -0.124. The van der Waals surface area contributed by atoms with Gasteiger partial charge in [-0.25, -0.2) is 0 Å². The lowest BCUT2D eigenvalue weighted by Gasteiger charge is -2.29. The Morgan fingerprint density at radius 2 is 2.00 bits per heavy atom. The number of rotatable bonds is 5. The van der Waals surface area contributed by atoms with Crippen molar-refractivity contribution in [2.45, 2.75) is 51.1 Å². The summed E-state index contributed by atoms with van der Waals surface area (Å²) < 4.78 is 4.86.